The number of hydrogen-bond acceptors (Lipinski definition) is 7. The van der Waals surface area contributed by atoms with Gasteiger partial charge in [0.25, 0.3) is 0 Å². The Balaban J connectivity index is 1.45. The number of thiazole rings is 1. The van der Waals surface area contributed by atoms with Gasteiger partial charge in [0.2, 0.25) is 5.91 Å². The number of benzene rings is 1. The number of hydrogen-bond donors (Lipinski definition) is 1. The largest absolute Gasteiger partial charge is 0.352 e. The fraction of sp³-hybridized carbons (Fsp3) is 0.350. The Morgan fingerprint density at radius 2 is 2.06 bits per heavy atom. The van der Waals surface area contributed by atoms with Crippen LogP contribution in [0.1, 0.15) is 24.8 Å². The van der Waals surface area contributed by atoms with Crippen molar-refractivity contribution in [1.82, 2.24) is 24.1 Å². The molecule has 1 fully saturated rings. The maximum absolute atomic E-state index is 12.8. The summed E-state index contributed by atoms with van der Waals surface area (Å²) in [4.78, 5) is 36.6. The van der Waals surface area contributed by atoms with Crippen LogP contribution in [0.4, 0.5) is 10.8 Å². The molecule has 0 atom stereocenters. The second kappa shape index (κ2) is 7.93. The number of carbonyl (C=O) groups excluding carboxylic acids is 1. The van der Waals surface area contributed by atoms with Gasteiger partial charge in [-0.25, -0.2) is 18.9 Å². The minimum atomic E-state index is -0.421. The number of piperidine rings is 1. The third-order valence-corrected chi connectivity index (χ3v) is 6.94. The topological polar surface area (TPSA) is 97.4 Å². The maximum Gasteiger partial charge on any atom is 0.352 e. The highest BCUT2D eigenvalue weighted by atomic mass is 35.5. The highest BCUT2D eigenvalue weighted by molar-refractivity contribution is 7.22. The molecule has 5 rings (SSSR count). The van der Waals surface area contributed by atoms with Crippen LogP contribution in [0.5, 0.6) is 0 Å². The lowest BCUT2D eigenvalue weighted by Gasteiger charge is -2.25. The molecular weight excluding hydrogens is 438 g/mol. The van der Waals surface area contributed by atoms with E-state index in [0.717, 1.165) is 46.0 Å². The average molecular weight is 458 g/mol. The van der Waals surface area contributed by atoms with Gasteiger partial charge in [0.1, 0.15) is 17.6 Å². The Kier molecular flexibility index (Phi) is 5.11. The second-order valence-electron chi connectivity index (χ2n) is 7.54. The molecule has 0 unspecified atom stereocenters. The fourth-order valence-electron chi connectivity index (χ4n) is 3.72. The first kappa shape index (κ1) is 20.0. The Hall–Kier alpha value is -2.98. The van der Waals surface area contributed by atoms with E-state index in [4.69, 9.17) is 11.6 Å². The Bertz CT molecular complexity index is 1350. The maximum atomic E-state index is 12.8. The summed E-state index contributed by atoms with van der Waals surface area (Å²) in [6.45, 7) is 3.55. The van der Waals surface area contributed by atoms with Crippen molar-refractivity contribution in [3.05, 3.63) is 45.6 Å². The first-order valence-corrected chi connectivity index (χ1v) is 11.3. The van der Waals surface area contributed by atoms with Gasteiger partial charge in [0.15, 0.2) is 16.4 Å². The molecule has 1 amide bonds. The number of nitrogens with one attached hydrogen (secondary N) is 1. The normalized spacial score (nSPS) is 14.5. The highest BCUT2D eigenvalue weighted by Crippen LogP contribution is 2.31. The lowest BCUT2D eigenvalue weighted by Crippen LogP contribution is -2.29. The summed E-state index contributed by atoms with van der Waals surface area (Å²) >= 11 is 7.59. The number of carbonyl (C=O) groups is 1. The predicted octanol–water partition coefficient (Wildman–Crippen LogP) is 3.09. The first-order chi connectivity index (χ1) is 15.0. The SMILES string of the molecule is Cc1c(Cl)cccc1NC(=O)Cn1nc2c3sc(N4CCCCC4)nc3ncn2c1=O. The zero-order valence-electron chi connectivity index (χ0n) is 16.8. The van der Waals surface area contributed by atoms with Crippen LogP contribution in [0.15, 0.2) is 29.3 Å². The highest BCUT2D eigenvalue weighted by Gasteiger charge is 2.20. The van der Waals surface area contributed by atoms with Crippen LogP contribution in [0.25, 0.3) is 16.0 Å². The van der Waals surface area contributed by atoms with Gasteiger partial charge in [-0.05, 0) is 43.9 Å². The zero-order chi connectivity index (χ0) is 21.5. The summed E-state index contributed by atoms with van der Waals surface area (Å²) in [6.07, 6.45) is 4.95. The Morgan fingerprint density at radius 1 is 1.26 bits per heavy atom. The van der Waals surface area contributed by atoms with Gasteiger partial charge in [-0.1, -0.05) is 29.0 Å². The van der Waals surface area contributed by atoms with Crippen molar-refractivity contribution in [3.63, 3.8) is 0 Å². The van der Waals surface area contributed by atoms with Gasteiger partial charge < -0.3 is 10.2 Å². The molecule has 1 N–H and O–H groups in total. The van der Waals surface area contributed by atoms with E-state index in [1.165, 1.54) is 28.5 Å². The number of fused-ring (bicyclic) bond motifs is 3. The van der Waals surface area contributed by atoms with Gasteiger partial charge in [-0.3, -0.25) is 4.79 Å². The summed E-state index contributed by atoms with van der Waals surface area (Å²) < 4.78 is 3.25. The van der Waals surface area contributed by atoms with Crippen LogP contribution >= 0.6 is 22.9 Å². The van der Waals surface area contributed by atoms with E-state index in [-0.39, 0.29) is 12.5 Å². The van der Waals surface area contributed by atoms with Crippen LogP contribution in [0.3, 0.4) is 0 Å². The Labute approximate surface area is 186 Å². The molecule has 0 bridgehead atoms. The van der Waals surface area contributed by atoms with Gasteiger partial charge >= 0.3 is 5.69 Å². The fourth-order valence-corrected chi connectivity index (χ4v) is 4.94. The molecule has 1 aliphatic heterocycles. The predicted molar refractivity (Wildman–Crippen MR) is 121 cm³/mol. The number of rotatable bonds is 4. The molecule has 0 spiro atoms. The van der Waals surface area contributed by atoms with Crippen molar-refractivity contribution in [2.24, 2.45) is 0 Å². The molecule has 0 aliphatic carbocycles. The lowest BCUT2D eigenvalue weighted by molar-refractivity contribution is -0.117. The molecule has 11 heteroatoms. The van der Waals surface area contributed by atoms with Gasteiger partial charge in [0.05, 0.1) is 0 Å². The number of amides is 1. The standard InChI is InChI=1S/C20H20ClN7O2S/c1-12-13(21)6-5-7-14(12)23-15(29)10-28-20(30)27-11-22-17-16(18(27)25-28)31-19(24-17)26-8-3-2-4-9-26/h5-7,11H,2-4,8-10H2,1H3,(H,23,29). The molecule has 3 aromatic heterocycles. The van der Waals surface area contributed by atoms with Gasteiger partial charge in [0, 0.05) is 23.8 Å². The van der Waals surface area contributed by atoms with E-state index in [0.29, 0.717) is 22.0 Å². The number of nitrogens with zero attached hydrogens (tertiary/aromatic N) is 6. The second-order valence-corrected chi connectivity index (χ2v) is 8.92. The monoisotopic (exact) mass is 457 g/mol. The van der Waals surface area contributed by atoms with Crippen molar-refractivity contribution in [3.8, 4) is 0 Å². The summed E-state index contributed by atoms with van der Waals surface area (Å²) in [5.74, 6) is -0.363. The molecule has 160 valence electrons. The summed E-state index contributed by atoms with van der Waals surface area (Å²) in [7, 11) is 0. The zero-order valence-corrected chi connectivity index (χ0v) is 18.4. The summed E-state index contributed by atoms with van der Waals surface area (Å²) in [6, 6.07) is 5.28. The van der Waals surface area contributed by atoms with Crippen LogP contribution in [0, 0.1) is 6.92 Å². The molecule has 9 nitrogen and oxygen atoms in total. The molecule has 1 saturated heterocycles. The van der Waals surface area contributed by atoms with Crippen molar-refractivity contribution in [1.29, 1.82) is 0 Å². The van der Waals surface area contributed by atoms with Crippen molar-refractivity contribution < 1.29 is 4.79 Å². The lowest BCUT2D eigenvalue weighted by atomic mass is 10.1. The van der Waals surface area contributed by atoms with Gasteiger partial charge in [-0.2, -0.15) is 4.98 Å². The van der Waals surface area contributed by atoms with E-state index >= 15 is 0 Å². The van der Waals surface area contributed by atoms with Crippen molar-refractivity contribution in [2.75, 3.05) is 23.3 Å². The smallest absolute Gasteiger partial charge is 0.348 e. The first-order valence-electron chi connectivity index (χ1n) is 10.1. The van der Waals surface area contributed by atoms with Gasteiger partial charge in [-0.15, -0.1) is 5.10 Å². The molecule has 4 aromatic rings. The van der Waals surface area contributed by atoms with Crippen LogP contribution < -0.4 is 15.9 Å². The quantitative estimate of drug-likeness (QED) is 0.505. The number of anilines is 2. The summed E-state index contributed by atoms with van der Waals surface area (Å²) in [5.41, 5.74) is 1.97. The van der Waals surface area contributed by atoms with Crippen LogP contribution in [-0.4, -0.2) is 43.1 Å². The molecule has 1 aliphatic rings. The third kappa shape index (κ3) is 3.66. The molecule has 1 aromatic carbocycles. The summed E-state index contributed by atoms with van der Waals surface area (Å²) in [5, 5.41) is 8.66. The average Bonchev–Trinajstić information content (AvgIpc) is 3.34. The van der Waals surface area contributed by atoms with E-state index in [1.807, 2.05) is 6.92 Å². The van der Waals surface area contributed by atoms with E-state index in [2.05, 4.69) is 25.3 Å². The number of aromatic nitrogens is 5. The third-order valence-electron chi connectivity index (χ3n) is 5.43. The van der Waals surface area contributed by atoms with Crippen molar-refractivity contribution in [2.45, 2.75) is 32.7 Å². The molecule has 0 radical (unpaired) electrons. The molecular formula is C20H20ClN7O2S. The number of halogens is 1. The Morgan fingerprint density at radius 3 is 2.87 bits per heavy atom. The van der Waals surface area contributed by atoms with Crippen LogP contribution in [0.2, 0.25) is 5.02 Å². The minimum Gasteiger partial charge on any atom is -0.348 e. The molecule has 31 heavy (non-hydrogen) atoms. The van der Waals surface area contributed by atoms with E-state index < -0.39 is 5.69 Å². The van der Waals surface area contributed by atoms with Crippen LogP contribution in [-0.2, 0) is 11.3 Å². The van der Waals surface area contributed by atoms with E-state index in [9.17, 15) is 9.59 Å². The molecule has 4 heterocycles. The van der Waals surface area contributed by atoms with E-state index in [1.54, 1.807) is 18.2 Å². The minimum absolute atomic E-state index is 0.217. The molecule has 0 saturated carbocycles. The van der Waals surface area contributed by atoms with Crippen molar-refractivity contribution >= 4 is 55.7 Å².